The summed E-state index contributed by atoms with van der Waals surface area (Å²) in [5.74, 6) is 0.404. The topological polar surface area (TPSA) is 50.5 Å². The Hall–Kier alpha value is -2.53. The van der Waals surface area contributed by atoms with Crippen LogP contribution in [0.1, 0.15) is 18.2 Å². The number of benzene rings is 1. The van der Waals surface area contributed by atoms with Crippen molar-refractivity contribution in [2.45, 2.75) is 13.3 Å². The van der Waals surface area contributed by atoms with Crippen LogP contribution in [0, 0.1) is 0 Å². The zero-order valence-corrected chi connectivity index (χ0v) is 13.4. The summed E-state index contributed by atoms with van der Waals surface area (Å²) in [6.45, 7) is 2.00. The molecule has 0 spiro atoms. The molecule has 2 aromatic rings. The lowest BCUT2D eigenvalue weighted by Crippen LogP contribution is -2.28. The van der Waals surface area contributed by atoms with E-state index in [1.54, 1.807) is 36.6 Å². The monoisotopic (exact) mass is 325 g/mol. The number of amides is 2. The number of rotatable bonds is 4. The van der Waals surface area contributed by atoms with E-state index < -0.39 is 0 Å². The van der Waals surface area contributed by atoms with Crippen molar-refractivity contribution in [1.29, 1.82) is 0 Å². The van der Waals surface area contributed by atoms with E-state index >= 15 is 0 Å². The minimum Gasteiger partial charge on any atom is -0.465 e. The second kappa shape index (κ2) is 6.71. The van der Waals surface area contributed by atoms with Crippen LogP contribution >= 0.6 is 11.8 Å². The Morgan fingerprint density at radius 3 is 2.74 bits per heavy atom. The molecule has 1 aliphatic rings. The molecule has 1 fully saturated rings. The highest BCUT2D eigenvalue weighted by atomic mass is 32.2. The highest BCUT2D eigenvalue weighted by molar-refractivity contribution is 8.18. The molecule has 1 aromatic carbocycles. The lowest BCUT2D eigenvalue weighted by Gasteiger charge is -2.16. The number of anilines is 1. The minimum atomic E-state index is -0.287. The number of furan rings is 1. The molecule has 0 radical (unpaired) electrons. The van der Waals surface area contributed by atoms with E-state index in [4.69, 9.17) is 4.42 Å². The highest BCUT2D eigenvalue weighted by Crippen LogP contribution is 2.36. The lowest BCUT2D eigenvalue weighted by molar-refractivity contribution is -0.113. The van der Waals surface area contributed by atoms with Gasteiger partial charge in [-0.2, -0.15) is 0 Å². The Kier molecular flexibility index (Phi) is 4.48. The maximum Gasteiger partial charge on any atom is 0.298 e. The van der Waals surface area contributed by atoms with E-state index in [1.807, 2.05) is 31.2 Å². The van der Waals surface area contributed by atoms with Crippen LogP contribution in [0.5, 0.6) is 0 Å². The molecule has 0 bridgehead atoms. The summed E-state index contributed by atoms with van der Waals surface area (Å²) in [4.78, 5) is 26.4. The first-order valence-corrected chi connectivity index (χ1v) is 8.08. The second-order valence-corrected chi connectivity index (χ2v) is 5.89. The van der Waals surface area contributed by atoms with Crippen molar-refractivity contribution in [1.82, 2.24) is 0 Å². The highest BCUT2D eigenvalue weighted by Gasteiger charge is 2.36. The van der Waals surface area contributed by atoms with Crippen LogP contribution in [0.4, 0.5) is 10.5 Å². The third-order valence-corrected chi connectivity index (χ3v) is 4.35. The molecule has 1 aliphatic heterocycles. The van der Waals surface area contributed by atoms with Gasteiger partial charge in [0.2, 0.25) is 0 Å². The molecule has 23 heavy (non-hydrogen) atoms. The SMILES string of the molecule is CCc1ccccc1N1C(=O)S/C(=C/C=C/c2ccco2)C1=O. The summed E-state index contributed by atoms with van der Waals surface area (Å²) in [5, 5.41) is -0.270. The number of nitrogens with zero attached hydrogens (tertiary/aromatic N) is 1. The van der Waals surface area contributed by atoms with Gasteiger partial charge in [0.05, 0.1) is 16.9 Å². The Morgan fingerprint density at radius 2 is 2.00 bits per heavy atom. The number of hydrogen-bond acceptors (Lipinski definition) is 4. The zero-order chi connectivity index (χ0) is 16.2. The molecule has 4 nitrogen and oxygen atoms in total. The maximum atomic E-state index is 12.5. The number of carbonyl (C=O) groups is 2. The number of aryl methyl sites for hydroxylation is 1. The number of imide groups is 1. The first kappa shape index (κ1) is 15.4. The third-order valence-electron chi connectivity index (χ3n) is 3.46. The van der Waals surface area contributed by atoms with Crippen molar-refractivity contribution in [3.05, 3.63) is 71.0 Å². The first-order valence-electron chi connectivity index (χ1n) is 7.26. The molecule has 2 heterocycles. The molecular formula is C18H15NO3S. The molecule has 0 atom stereocenters. The van der Waals surface area contributed by atoms with Crippen molar-refractivity contribution in [3.8, 4) is 0 Å². The van der Waals surface area contributed by atoms with Gasteiger partial charge in [-0.1, -0.05) is 31.2 Å². The summed E-state index contributed by atoms with van der Waals surface area (Å²) >= 11 is 0.950. The summed E-state index contributed by atoms with van der Waals surface area (Å²) in [6.07, 6.45) is 7.43. The summed E-state index contributed by atoms with van der Waals surface area (Å²) < 4.78 is 5.18. The van der Waals surface area contributed by atoms with Crippen molar-refractivity contribution in [3.63, 3.8) is 0 Å². The Balaban J connectivity index is 1.85. The predicted molar refractivity (Wildman–Crippen MR) is 92.1 cm³/mol. The van der Waals surface area contributed by atoms with Gasteiger partial charge in [-0.15, -0.1) is 0 Å². The van der Waals surface area contributed by atoms with Gasteiger partial charge in [0.15, 0.2) is 0 Å². The van der Waals surface area contributed by atoms with Crippen LogP contribution in [0.2, 0.25) is 0 Å². The molecule has 0 saturated carbocycles. The molecular weight excluding hydrogens is 310 g/mol. The lowest BCUT2D eigenvalue weighted by atomic mass is 10.1. The molecule has 5 heteroatoms. The van der Waals surface area contributed by atoms with Gasteiger partial charge in [-0.05, 0) is 54.1 Å². The largest absolute Gasteiger partial charge is 0.465 e. The zero-order valence-electron chi connectivity index (χ0n) is 12.6. The van der Waals surface area contributed by atoms with Crippen LogP contribution in [0.3, 0.4) is 0 Å². The number of hydrogen-bond donors (Lipinski definition) is 0. The number of allylic oxidation sites excluding steroid dienone is 2. The summed E-state index contributed by atoms with van der Waals surface area (Å²) in [6, 6.07) is 11.1. The van der Waals surface area contributed by atoms with E-state index in [1.165, 1.54) is 4.90 Å². The Labute approximate surface area is 138 Å². The molecule has 1 saturated heterocycles. The predicted octanol–water partition coefficient (Wildman–Crippen LogP) is 4.64. The van der Waals surface area contributed by atoms with E-state index in [9.17, 15) is 9.59 Å². The van der Waals surface area contributed by atoms with Crippen LogP contribution in [-0.4, -0.2) is 11.1 Å². The molecule has 116 valence electrons. The molecule has 0 aliphatic carbocycles. The van der Waals surface area contributed by atoms with Crippen LogP contribution < -0.4 is 4.90 Å². The van der Waals surface area contributed by atoms with E-state index in [2.05, 4.69) is 0 Å². The van der Waals surface area contributed by atoms with Crippen molar-refractivity contribution >= 4 is 34.7 Å². The van der Waals surface area contributed by atoms with Crippen molar-refractivity contribution < 1.29 is 14.0 Å². The van der Waals surface area contributed by atoms with Gasteiger partial charge in [-0.25, -0.2) is 4.90 Å². The van der Waals surface area contributed by atoms with E-state index in [-0.39, 0.29) is 11.1 Å². The quantitative estimate of drug-likeness (QED) is 0.769. The molecule has 0 unspecified atom stereocenters. The van der Waals surface area contributed by atoms with Gasteiger partial charge in [-0.3, -0.25) is 9.59 Å². The molecule has 1 aromatic heterocycles. The fourth-order valence-corrected chi connectivity index (χ4v) is 3.12. The maximum absolute atomic E-state index is 12.5. The average molecular weight is 325 g/mol. The van der Waals surface area contributed by atoms with Crippen LogP contribution in [0.25, 0.3) is 6.08 Å². The van der Waals surface area contributed by atoms with Gasteiger partial charge in [0.25, 0.3) is 11.1 Å². The Morgan fingerprint density at radius 1 is 1.17 bits per heavy atom. The van der Waals surface area contributed by atoms with Gasteiger partial charge in [0, 0.05) is 0 Å². The van der Waals surface area contributed by atoms with Crippen molar-refractivity contribution in [2.75, 3.05) is 4.90 Å². The number of thioether (sulfide) groups is 1. The van der Waals surface area contributed by atoms with Gasteiger partial charge < -0.3 is 4.42 Å². The normalized spacial score (nSPS) is 16.9. The molecule has 0 N–H and O–H groups in total. The third kappa shape index (κ3) is 3.14. The first-order chi connectivity index (χ1) is 11.2. The smallest absolute Gasteiger partial charge is 0.298 e. The van der Waals surface area contributed by atoms with Crippen LogP contribution in [-0.2, 0) is 11.2 Å². The standard InChI is InChI=1S/C18H15NO3S/c1-2-13-7-3-4-10-15(13)19-17(20)16(23-18(19)21)11-5-8-14-9-6-12-22-14/h3-12H,2H2,1H3/b8-5+,16-11+. The molecule has 3 rings (SSSR count). The Bertz CT molecular complexity index is 790. The van der Waals surface area contributed by atoms with Gasteiger partial charge in [0.1, 0.15) is 5.76 Å². The minimum absolute atomic E-state index is 0.270. The van der Waals surface area contributed by atoms with E-state index in [0.717, 1.165) is 23.7 Å². The fraction of sp³-hybridized carbons (Fsp3) is 0.111. The summed E-state index contributed by atoms with van der Waals surface area (Å²) in [7, 11) is 0. The average Bonchev–Trinajstić information content (AvgIpc) is 3.16. The summed E-state index contributed by atoms with van der Waals surface area (Å²) in [5.41, 5.74) is 1.64. The molecule has 2 amide bonds. The van der Waals surface area contributed by atoms with Gasteiger partial charge >= 0.3 is 0 Å². The number of carbonyl (C=O) groups excluding carboxylic acids is 2. The number of para-hydroxylation sites is 1. The fourth-order valence-electron chi connectivity index (χ4n) is 2.33. The van der Waals surface area contributed by atoms with E-state index in [0.29, 0.717) is 16.4 Å². The second-order valence-electron chi connectivity index (χ2n) is 4.90. The van der Waals surface area contributed by atoms with Crippen LogP contribution in [0.15, 0.2) is 64.1 Å². The van der Waals surface area contributed by atoms with Crippen molar-refractivity contribution in [2.24, 2.45) is 0 Å².